The molecule has 0 spiro atoms. The van der Waals surface area contributed by atoms with Crippen molar-refractivity contribution in [1.29, 1.82) is 0 Å². The van der Waals surface area contributed by atoms with E-state index in [4.69, 9.17) is 4.74 Å². The summed E-state index contributed by atoms with van der Waals surface area (Å²) < 4.78 is 45.5. The van der Waals surface area contributed by atoms with Crippen LogP contribution < -0.4 is 5.32 Å². The molecule has 2 aliphatic rings. The molecule has 1 saturated heterocycles. The molecule has 4 rings (SSSR count). The zero-order chi connectivity index (χ0) is 25.7. The van der Waals surface area contributed by atoms with Gasteiger partial charge in [-0.1, -0.05) is 6.92 Å². The summed E-state index contributed by atoms with van der Waals surface area (Å²) in [4.78, 5) is 30.6. The number of nitrogens with zero attached hydrogens (tertiary/aromatic N) is 2. The van der Waals surface area contributed by atoms with Gasteiger partial charge >= 0.3 is 6.09 Å². The van der Waals surface area contributed by atoms with Crippen LogP contribution in [-0.2, 0) is 19.6 Å². The quantitative estimate of drug-likeness (QED) is 0.647. The fraction of sp³-hybridized carbons (Fsp3) is 0.500. The Labute approximate surface area is 204 Å². The third kappa shape index (κ3) is 4.86. The van der Waals surface area contributed by atoms with Crippen molar-refractivity contribution in [3.8, 4) is 0 Å². The molecule has 1 aromatic carbocycles. The fourth-order valence-corrected chi connectivity index (χ4v) is 5.89. The van der Waals surface area contributed by atoms with Crippen molar-refractivity contribution in [2.75, 3.05) is 12.8 Å². The molecule has 0 bridgehead atoms. The predicted molar refractivity (Wildman–Crippen MR) is 130 cm³/mol. The number of halogens is 1. The SMILES string of the molecule is CCC(NC(=O)OC(C)(C)C)C(=O)N1CCC2C1C(c1c[nH]c3cc(F)ccc13)=CN2S(C)(=O)=O. The molecule has 2 N–H and O–H groups in total. The minimum absolute atomic E-state index is 0.307. The van der Waals surface area contributed by atoms with Crippen molar-refractivity contribution in [3.63, 3.8) is 0 Å². The van der Waals surface area contributed by atoms with E-state index in [1.807, 2.05) is 0 Å². The van der Waals surface area contributed by atoms with Gasteiger partial charge in [0.2, 0.25) is 15.9 Å². The summed E-state index contributed by atoms with van der Waals surface area (Å²) in [6.45, 7) is 7.34. The number of amides is 2. The summed E-state index contributed by atoms with van der Waals surface area (Å²) in [6, 6.07) is 2.51. The summed E-state index contributed by atoms with van der Waals surface area (Å²) in [7, 11) is -3.60. The number of aromatic amines is 1. The topological polar surface area (TPSA) is 112 Å². The lowest BCUT2D eigenvalue weighted by atomic mass is 9.96. The van der Waals surface area contributed by atoms with Crippen LogP contribution in [0.2, 0.25) is 0 Å². The maximum atomic E-state index is 13.7. The smallest absolute Gasteiger partial charge is 0.408 e. The highest BCUT2D eigenvalue weighted by Gasteiger charge is 2.50. The van der Waals surface area contributed by atoms with Gasteiger partial charge in [0.05, 0.1) is 18.3 Å². The molecule has 1 aromatic heterocycles. The molecular weight excluding hydrogens is 475 g/mol. The predicted octanol–water partition coefficient (Wildman–Crippen LogP) is 3.20. The van der Waals surface area contributed by atoms with Crippen LogP contribution in [0.4, 0.5) is 9.18 Å². The molecule has 9 nitrogen and oxygen atoms in total. The Bertz CT molecular complexity index is 1300. The van der Waals surface area contributed by atoms with E-state index in [0.29, 0.717) is 36.0 Å². The molecule has 2 aromatic rings. The number of H-pyrrole nitrogens is 1. The summed E-state index contributed by atoms with van der Waals surface area (Å²) in [5.74, 6) is -0.698. The van der Waals surface area contributed by atoms with Gasteiger partial charge in [-0.3, -0.25) is 9.10 Å². The first-order valence-electron chi connectivity index (χ1n) is 11.6. The number of rotatable bonds is 5. The molecule has 190 valence electrons. The Balaban J connectivity index is 1.69. The van der Waals surface area contributed by atoms with Gasteiger partial charge in [-0.2, -0.15) is 0 Å². The van der Waals surface area contributed by atoms with Crippen LogP contribution >= 0.6 is 0 Å². The number of likely N-dealkylation sites (tertiary alicyclic amines) is 1. The third-order valence-corrected chi connectivity index (χ3v) is 7.44. The van der Waals surface area contributed by atoms with Crippen LogP contribution in [0.15, 0.2) is 30.6 Å². The molecule has 1 fully saturated rings. The number of carbonyl (C=O) groups excluding carboxylic acids is 2. The number of benzene rings is 1. The molecule has 3 unspecified atom stereocenters. The van der Waals surface area contributed by atoms with Crippen LogP contribution in [-0.4, -0.2) is 71.1 Å². The first-order chi connectivity index (χ1) is 16.3. The van der Waals surface area contributed by atoms with Crippen LogP contribution in [0.5, 0.6) is 0 Å². The number of hydrogen-bond acceptors (Lipinski definition) is 5. The largest absolute Gasteiger partial charge is 0.444 e. The van der Waals surface area contributed by atoms with Crippen LogP contribution in [0.1, 0.15) is 46.1 Å². The molecule has 11 heteroatoms. The van der Waals surface area contributed by atoms with E-state index in [1.165, 1.54) is 16.4 Å². The first kappa shape index (κ1) is 25.0. The standard InChI is InChI=1S/C24H31FN4O5S/c1-6-18(27-23(31)34-24(2,3)4)22(30)28-10-9-20-21(28)17(13-29(20)35(5,32)33)16-12-26-19-11-14(25)7-8-15(16)19/h7-8,11-13,18,20-21,26H,6,9-10H2,1-5H3,(H,27,31). The molecule has 0 aliphatic carbocycles. The number of aromatic nitrogens is 1. The minimum atomic E-state index is -3.60. The fourth-order valence-electron chi connectivity index (χ4n) is 4.87. The molecule has 0 radical (unpaired) electrons. The molecule has 35 heavy (non-hydrogen) atoms. The molecule has 2 amide bonds. The van der Waals surface area contributed by atoms with E-state index in [0.717, 1.165) is 11.6 Å². The average Bonchev–Trinajstić information content (AvgIpc) is 3.42. The van der Waals surface area contributed by atoms with Gasteiger partial charge in [-0.25, -0.2) is 17.6 Å². The van der Waals surface area contributed by atoms with Crippen molar-refractivity contribution in [2.45, 2.75) is 64.3 Å². The minimum Gasteiger partial charge on any atom is -0.444 e. The van der Waals surface area contributed by atoms with E-state index < -0.39 is 45.7 Å². The zero-order valence-electron chi connectivity index (χ0n) is 20.5. The number of nitrogens with one attached hydrogen (secondary N) is 2. The van der Waals surface area contributed by atoms with Crippen LogP contribution in [0.25, 0.3) is 16.5 Å². The Morgan fingerprint density at radius 1 is 1.31 bits per heavy atom. The van der Waals surface area contributed by atoms with Gasteiger partial charge in [0, 0.05) is 41.0 Å². The first-order valence-corrected chi connectivity index (χ1v) is 13.4. The lowest BCUT2D eigenvalue weighted by molar-refractivity contribution is -0.133. The molecule has 0 saturated carbocycles. The van der Waals surface area contributed by atoms with Gasteiger partial charge in [0.25, 0.3) is 0 Å². The second-order valence-corrected chi connectivity index (χ2v) is 11.9. The highest BCUT2D eigenvalue weighted by atomic mass is 32.2. The van der Waals surface area contributed by atoms with Crippen molar-refractivity contribution in [2.24, 2.45) is 0 Å². The summed E-state index contributed by atoms with van der Waals surface area (Å²) in [5, 5.41) is 3.38. The Kier molecular flexibility index (Phi) is 6.33. The van der Waals surface area contributed by atoms with Gasteiger partial charge < -0.3 is 19.9 Å². The molecule has 3 atom stereocenters. The van der Waals surface area contributed by atoms with Gasteiger partial charge in [0.15, 0.2) is 0 Å². The van der Waals surface area contributed by atoms with E-state index in [1.54, 1.807) is 51.1 Å². The number of carbonyl (C=O) groups is 2. The summed E-state index contributed by atoms with van der Waals surface area (Å²) >= 11 is 0. The highest BCUT2D eigenvalue weighted by molar-refractivity contribution is 7.88. The van der Waals surface area contributed by atoms with Gasteiger partial charge in [-0.15, -0.1) is 0 Å². The Hall–Kier alpha value is -3.08. The molecular formula is C24H31FN4O5S. The maximum Gasteiger partial charge on any atom is 0.408 e. The van der Waals surface area contributed by atoms with Crippen molar-refractivity contribution in [3.05, 3.63) is 42.0 Å². The maximum absolute atomic E-state index is 13.7. The van der Waals surface area contributed by atoms with Crippen molar-refractivity contribution < 1.29 is 27.1 Å². The summed E-state index contributed by atoms with van der Waals surface area (Å²) in [6.07, 6.45) is 4.51. The van der Waals surface area contributed by atoms with Crippen molar-refractivity contribution in [1.82, 2.24) is 19.5 Å². The lowest BCUT2D eigenvalue weighted by Gasteiger charge is -2.31. The average molecular weight is 507 g/mol. The Morgan fingerprint density at radius 3 is 2.66 bits per heavy atom. The number of fused-ring (bicyclic) bond motifs is 2. The monoisotopic (exact) mass is 506 g/mol. The number of sulfonamides is 1. The Morgan fingerprint density at radius 2 is 2.03 bits per heavy atom. The summed E-state index contributed by atoms with van der Waals surface area (Å²) in [5.41, 5.74) is 1.21. The number of alkyl carbamates (subject to hydrolysis) is 1. The van der Waals surface area contributed by atoms with Crippen LogP contribution in [0.3, 0.4) is 0 Å². The van der Waals surface area contributed by atoms with Gasteiger partial charge in [-0.05, 0) is 51.8 Å². The van der Waals surface area contributed by atoms with Crippen molar-refractivity contribution >= 4 is 38.5 Å². The van der Waals surface area contributed by atoms with Gasteiger partial charge in [0.1, 0.15) is 17.5 Å². The molecule has 3 heterocycles. The van der Waals surface area contributed by atoms with Crippen LogP contribution in [0, 0.1) is 5.82 Å². The number of ether oxygens (including phenoxy) is 1. The third-order valence-electron chi connectivity index (χ3n) is 6.30. The van der Waals surface area contributed by atoms with E-state index in [2.05, 4.69) is 10.3 Å². The zero-order valence-corrected chi connectivity index (χ0v) is 21.3. The lowest BCUT2D eigenvalue weighted by Crippen LogP contribution is -2.52. The van der Waals surface area contributed by atoms with E-state index >= 15 is 0 Å². The highest BCUT2D eigenvalue weighted by Crippen LogP contribution is 2.42. The second-order valence-electron chi connectivity index (χ2n) is 10.0. The van der Waals surface area contributed by atoms with E-state index in [-0.39, 0.29) is 5.91 Å². The second kappa shape index (κ2) is 8.85. The van der Waals surface area contributed by atoms with E-state index in [9.17, 15) is 22.4 Å². The number of hydrogen-bond donors (Lipinski definition) is 2. The normalized spacial score (nSPS) is 21.1. The molecule has 2 aliphatic heterocycles.